The molecule has 3 heteroatoms. The molecule has 58 valence electrons. The van der Waals surface area contributed by atoms with Gasteiger partial charge in [0, 0.05) is 0 Å². The van der Waals surface area contributed by atoms with E-state index in [9.17, 15) is 4.79 Å². The molecular weight excluding hydrogens is 196 g/mol. The molecule has 1 atom stereocenters. The molecule has 0 aromatic carbocycles. The molecule has 2 nitrogen and oxygen atoms in total. The lowest BCUT2D eigenvalue weighted by Gasteiger charge is -2.10. The van der Waals surface area contributed by atoms with Gasteiger partial charge in [0.05, 0.1) is 0 Å². The second-order valence-corrected chi connectivity index (χ2v) is 3.77. The number of carbonyl (C=O) groups is 1. The summed E-state index contributed by atoms with van der Waals surface area (Å²) < 4.78 is 0. The van der Waals surface area contributed by atoms with Crippen LogP contribution in [-0.4, -0.2) is 15.9 Å². The van der Waals surface area contributed by atoms with Crippen LogP contribution in [0.5, 0.6) is 0 Å². The van der Waals surface area contributed by atoms with Crippen molar-refractivity contribution in [3.05, 3.63) is 0 Å². The van der Waals surface area contributed by atoms with E-state index in [1.165, 1.54) is 12.8 Å². The summed E-state index contributed by atoms with van der Waals surface area (Å²) in [6.07, 6.45) is 4.53. The van der Waals surface area contributed by atoms with Crippen LogP contribution >= 0.6 is 15.9 Å². The summed E-state index contributed by atoms with van der Waals surface area (Å²) in [6, 6.07) is 0. The molecule has 1 fully saturated rings. The number of halogens is 1. The van der Waals surface area contributed by atoms with Gasteiger partial charge in [-0.25, -0.2) is 0 Å². The van der Waals surface area contributed by atoms with Crippen molar-refractivity contribution in [3.8, 4) is 0 Å². The van der Waals surface area contributed by atoms with Gasteiger partial charge in [0.1, 0.15) is 4.83 Å². The molecule has 0 radical (unpaired) electrons. The first-order valence-electron chi connectivity index (χ1n) is 3.58. The fraction of sp³-hybridized carbons (Fsp3) is 0.857. The minimum atomic E-state index is -0.716. The van der Waals surface area contributed by atoms with Crippen LogP contribution in [0.2, 0.25) is 0 Å². The molecule has 1 unspecified atom stereocenters. The maximum atomic E-state index is 10.4. The van der Waals surface area contributed by atoms with Crippen LogP contribution in [0.1, 0.15) is 25.7 Å². The average molecular weight is 207 g/mol. The molecule has 0 bridgehead atoms. The van der Waals surface area contributed by atoms with Crippen LogP contribution in [0.25, 0.3) is 0 Å². The third-order valence-electron chi connectivity index (χ3n) is 2.05. The predicted molar refractivity (Wildman–Crippen MR) is 42.3 cm³/mol. The minimum Gasteiger partial charge on any atom is -0.480 e. The number of carboxylic acids is 1. The van der Waals surface area contributed by atoms with Crippen molar-refractivity contribution in [1.29, 1.82) is 0 Å². The minimum absolute atomic E-state index is 0.310. The quantitative estimate of drug-likeness (QED) is 0.703. The fourth-order valence-corrected chi connectivity index (χ4v) is 1.98. The first-order valence-corrected chi connectivity index (χ1v) is 4.50. The zero-order chi connectivity index (χ0) is 7.56. The molecule has 0 aromatic rings. The van der Waals surface area contributed by atoms with Gasteiger partial charge in [-0.15, -0.1) is 0 Å². The van der Waals surface area contributed by atoms with E-state index >= 15 is 0 Å². The van der Waals surface area contributed by atoms with Crippen LogP contribution in [0.15, 0.2) is 0 Å². The second kappa shape index (κ2) is 3.37. The summed E-state index contributed by atoms with van der Waals surface area (Å²) in [4.78, 5) is 10.1. The first kappa shape index (κ1) is 8.05. The second-order valence-electron chi connectivity index (χ2n) is 2.78. The Kier molecular flexibility index (Phi) is 2.72. The lowest BCUT2D eigenvalue weighted by molar-refractivity contribution is -0.137. The van der Waals surface area contributed by atoms with Crippen LogP contribution in [0.4, 0.5) is 0 Å². The molecule has 0 heterocycles. The van der Waals surface area contributed by atoms with Crippen molar-refractivity contribution in [2.75, 3.05) is 0 Å². The maximum absolute atomic E-state index is 10.4. The maximum Gasteiger partial charge on any atom is 0.317 e. The van der Waals surface area contributed by atoms with Gasteiger partial charge in [-0.05, 0) is 18.8 Å². The molecule has 1 aliphatic carbocycles. The highest BCUT2D eigenvalue weighted by Gasteiger charge is 2.27. The summed E-state index contributed by atoms with van der Waals surface area (Å²) in [7, 11) is 0. The normalized spacial score (nSPS) is 22.9. The Morgan fingerprint density at radius 1 is 1.50 bits per heavy atom. The van der Waals surface area contributed by atoms with E-state index in [0.717, 1.165) is 12.8 Å². The lowest BCUT2D eigenvalue weighted by Crippen LogP contribution is -2.20. The van der Waals surface area contributed by atoms with Crippen molar-refractivity contribution in [1.82, 2.24) is 0 Å². The van der Waals surface area contributed by atoms with Gasteiger partial charge in [-0.3, -0.25) is 4.79 Å². The molecule has 1 N–H and O–H groups in total. The standard InChI is InChI=1S/C7H11BrO2/c8-6(7(9)10)5-3-1-2-4-5/h5-6H,1-4H2,(H,9,10). The number of carboxylic acid groups (broad SMARTS) is 1. The number of rotatable bonds is 2. The first-order chi connectivity index (χ1) is 4.72. The summed E-state index contributed by atoms with van der Waals surface area (Å²) in [5.74, 6) is -0.343. The average Bonchev–Trinajstić information content (AvgIpc) is 2.36. The largest absolute Gasteiger partial charge is 0.480 e. The molecule has 10 heavy (non-hydrogen) atoms. The van der Waals surface area contributed by atoms with Gasteiger partial charge in [-0.2, -0.15) is 0 Å². The van der Waals surface area contributed by atoms with Crippen LogP contribution in [-0.2, 0) is 4.79 Å². The lowest BCUT2D eigenvalue weighted by atomic mass is 10.0. The van der Waals surface area contributed by atoms with E-state index in [0.29, 0.717) is 5.92 Å². The van der Waals surface area contributed by atoms with E-state index < -0.39 is 5.97 Å². The molecular formula is C7H11BrO2. The predicted octanol–water partition coefficient (Wildman–Crippen LogP) is 2.02. The zero-order valence-corrected chi connectivity index (χ0v) is 7.30. The van der Waals surface area contributed by atoms with Crippen molar-refractivity contribution >= 4 is 21.9 Å². The number of alkyl halides is 1. The summed E-state index contributed by atoms with van der Waals surface area (Å²) in [6.45, 7) is 0. The highest BCUT2D eigenvalue weighted by molar-refractivity contribution is 9.10. The molecule has 1 aliphatic rings. The smallest absolute Gasteiger partial charge is 0.317 e. The molecule has 0 saturated heterocycles. The van der Waals surface area contributed by atoms with Crippen LogP contribution < -0.4 is 0 Å². The molecule has 0 aromatic heterocycles. The highest BCUT2D eigenvalue weighted by atomic mass is 79.9. The Morgan fingerprint density at radius 3 is 2.40 bits per heavy atom. The van der Waals surface area contributed by atoms with Crippen LogP contribution in [0.3, 0.4) is 0 Å². The highest BCUT2D eigenvalue weighted by Crippen LogP contribution is 2.31. The number of aliphatic carboxylic acids is 1. The van der Waals surface area contributed by atoms with Crippen molar-refractivity contribution in [3.63, 3.8) is 0 Å². The van der Waals surface area contributed by atoms with E-state index in [1.807, 2.05) is 0 Å². The van der Waals surface area contributed by atoms with Crippen molar-refractivity contribution in [2.24, 2.45) is 5.92 Å². The fourth-order valence-electron chi connectivity index (χ4n) is 1.45. The van der Waals surface area contributed by atoms with Crippen LogP contribution in [0, 0.1) is 5.92 Å². The monoisotopic (exact) mass is 206 g/mol. The zero-order valence-electron chi connectivity index (χ0n) is 5.72. The Balaban J connectivity index is 2.39. The van der Waals surface area contributed by atoms with Gasteiger partial charge >= 0.3 is 5.97 Å². The number of hydrogen-bond donors (Lipinski definition) is 1. The molecule has 1 saturated carbocycles. The Bertz CT molecular complexity index is 130. The summed E-state index contributed by atoms with van der Waals surface area (Å²) in [5.41, 5.74) is 0. The van der Waals surface area contributed by atoms with E-state index in [2.05, 4.69) is 15.9 Å². The van der Waals surface area contributed by atoms with E-state index in [4.69, 9.17) is 5.11 Å². The third-order valence-corrected chi connectivity index (χ3v) is 3.19. The van der Waals surface area contributed by atoms with Gasteiger partial charge in [0.2, 0.25) is 0 Å². The number of hydrogen-bond acceptors (Lipinski definition) is 1. The van der Waals surface area contributed by atoms with Gasteiger partial charge in [0.25, 0.3) is 0 Å². The van der Waals surface area contributed by atoms with Crippen molar-refractivity contribution in [2.45, 2.75) is 30.5 Å². The van der Waals surface area contributed by atoms with E-state index in [-0.39, 0.29) is 4.83 Å². The topological polar surface area (TPSA) is 37.3 Å². The van der Waals surface area contributed by atoms with Gasteiger partial charge in [0.15, 0.2) is 0 Å². The van der Waals surface area contributed by atoms with Crippen molar-refractivity contribution < 1.29 is 9.90 Å². The summed E-state index contributed by atoms with van der Waals surface area (Å²) in [5, 5.41) is 8.60. The molecule has 0 amide bonds. The third kappa shape index (κ3) is 1.72. The Hall–Kier alpha value is -0.0500. The molecule has 1 rings (SSSR count). The summed E-state index contributed by atoms with van der Waals surface area (Å²) >= 11 is 3.17. The Labute approximate surface area is 68.7 Å². The molecule has 0 spiro atoms. The SMILES string of the molecule is O=C(O)C(Br)C1CCCC1. The Morgan fingerprint density at radius 2 is 2.00 bits per heavy atom. The van der Waals surface area contributed by atoms with Gasteiger partial charge in [-0.1, -0.05) is 28.8 Å². The van der Waals surface area contributed by atoms with E-state index in [1.54, 1.807) is 0 Å². The van der Waals surface area contributed by atoms with Gasteiger partial charge < -0.3 is 5.11 Å². The molecule has 0 aliphatic heterocycles.